The first-order chi connectivity index (χ1) is 7.29. The van der Waals surface area contributed by atoms with E-state index in [1.54, 1.807) is 18.4 Å². The zero-order chi connectivity index (χ0) is 10.7. The molecule has 0 saturated heterocycles. The van der Waals surface area contributed by atoms with Crippen LogP contribution in [0.25, 0.3) is 4.96 Å². The van der Waals surface area contributed by atoms with Gasteiger partial charge in [-0.2, -0.15) is 0 Å². The Balaban J connectivity index is 1.96. The molecule has 82 valence electrons. The van der Waals surface area contributed by atoms with Gasteiger partial charge in [-0.05, 0) is 6.42 Å². The molecule has 1 N–H and O–H groups in total. The molecule has 15 heavy (non-hydrogen) atoms. The third-order valence-electron chi connectivity index (χ3n) is 2.24. The van der Waals surface area contributed by atoms with Crippen molar-refractivity contribution in [3.63, 3.8) is 0 Å². The highest BCUT2D eigenvalue weighted by Gasteiger charge is 2.09. The fourth-order valence-corrected chi connectivity index (χ4v) is 2.19. The number of hydrogen-bond donors (Lipinski definition) is 1. The van der Waals surface area contributed by atoms with Crippen molar-refractivity contribution in [3.05, 3.63) is 23.5 Å². The third kappa shape index (κ3) is 2.56. The molecular weight excluding hydrogens is 212 g/mol. The van der Waals surface area contributed by atoms with E-state index in [0.29, 0.717) is 19.4 Å². The van der Waals surface area contributed by atoms with Crippen LogP contribution >= 0.6 is 11.3 Å². The zero-order valence-corrected chi connectivity index (χ0v) is 9.41. The largest absolute Gasteiger partial charge is 0.393 e. The second-order valence-electron chi connectivity index (χ2n) is 3.46. The molecule has 2 rings (SSSR count). The summed E-state index contributed by atoms with van der Waals surface area (Å²) in [5, 5.41) is 11.7. The van der Waals surface area contributed by atoms with Gasteiger partial charge in [0, 0.05) is 37.9 Å². The zero-order valence-electron chi connectivity index (χ0n) is 8.59. The highest BCUT2D eigenvalue weighted by atomic mass is 32.1. The number of aromatic nitrogens is 2. The summed E-state index contributed by atoms with van der Waals surface area (Å²) in [6, 6.07) is 0. The van der Waals surface area contributed by atoms with Gasteiger partial charge in [0.25, 0.3) is 0 Å². The number of rotatable bonds is 5. The van der Waals surface area contributed by atoms with E-state index < -0.39 is 0 Å². The van der Waals surface area contributed by atoms with Crippen molar-refractivity contribution in [2.24, 2.45) is 0 Å². The molecule has 1 atom stereocenters. The van der Waals surface area contributed by atoms with Crippen LogP contribution in [0.1, 0.15) is 12.1 Å². The fraction of sp³-hybridized carbons (Fsp3) is 0.500. The molecule has 0 fully saturated rings. The summed E-state index contributed by atoms with van der Waals surface area (Å²) in [4.78, 5) is 5.38. The molecule has 2 aromatic heterocycles. The number of nitrogens with zero attached hydrogens (tertiary/aromatic N) is 2. The van der Waals surface area contributed by atoms with Crippen molar-refractivity contribution < 1.29 is 9.84 Å². The maximum absolute atomic E-state index is 9.67. The Morgan fingerprint density at radius 2 is 2.53 bits per heavy atom. The second kappa shape index (κ2) is 4.74. The maximum atomic E-state index is 9.67. The van der Waals surface area contributed by atoms with Gasteiger partial charge in [0.1, 0.15) is 0 Å². The van der Waals surface area contributed by atoms with Gasteiger partial charge >= 0.3 is 0 Å². The van der Waals surface area contributed by atoms with Crippen LogP contribution in [0, 0.1) is 0 Å². The molecule has 0 aromatic carbocycles. The van der Waals surface area contributed by atoms with Crippen molar-refractivity contribution in [2.45, 2.75) is 18.9 Å². The number of imidazole rings is 1. The summed E-state index contributed by atoms with van der Waals surface area (Å²) in [6.07, 6.45) is 4.81. The van der Waals surface area contributed by atoms with Crippen LogP contribution in [0.15, 0.2) is 17.8 Å². The van der Waals surface area contributed by atoms with Gasteiger partial charge in [-0.15, -0.1) is 11.3 Å². The monoisotopic (exact) mass is 226 g/mol. The number of aliphatic hydroxyl groups is 1. The topological polar surface area (TPSA) is 46.8 Å². The first-order valence-corrected chi connectivity index (χ1v) is 5.75. The van der Waals surface area contributed by atoms with Gasteiger partial charge in [-0.1, -0.05) is 0 Å². The van der Waals surface area contributed by atoms with E-state index in [1.165, 1.54) is 0 Å². The lowest BCUT2D eigenvalue weighted by molar-refractivity contribution is 0.109. The van der Waals surface area contributed by atoms with Gasteiger partial charge in [0.15, 0.2) is 4.96 Å². The van der Waals surface area contributed by atoms with Gasteiger partial charge in [0.2, 0.25) is 0 Å². The predicted molar refractivity (Wildman–Crippen MR) is 59.3 cm³/mol. The Kier molecular flexibility index (Phi) is 3.35. The van der Waals surface area contributed by atoms with E-state index in [0.717, 1.165) is 10.7 Å². The minimum Gasteiger partial charge on any atom is -0.393 e. The van der Waals surface area contributed by atoms with Gasteiger partial charge in [-0.25, -0.2) is 4.98 Å². The maximum Gasteiger partial charge on any atom is 0.193 e. The van der Waals surface area contributed by atoms with Crippen LogP contribution in [0.3, 0.4) is 0 Å². The van der Waals surface area contributed by atoms with E-state index in [1.807, 2.05) is 22.2 Å². The van der Waals surface area contributed by atoms with E-state index in [9.17, 15) is 5.11 Å². The molecule has 2 aromatic rings. The van der Waals surface area contributed by atoms with Gasteiger partial charge < -0.3 is 9.84 Å². The Bertz CT molecular complexity index is 395. The normalized spacial score (nSPS) is 13.5. The number of methoxy groups -OCH3 is 1. The van der Waals surface area contributed by atoms with Crippen molar-refractivity contribution in [1.29, 1.82) is 0 Å². The second-order valence-corrected chi connectivity index (χ2v) is 4.34. The van der Waals surface area contributed by atoms with Crippen molar-refractivity contribution in [1.82, 2.24) is 9.38 Å². The average Bonchev–Trinajstić information content (AvgIpc) is 2.74. The molecular formula is C10H14N2O2S. The molecule has 0 spiro atoms. The SMILES string of the molecule is COCCC(O)Cc1cn2ccsc2n1. The smallest absolute Gasteiger partial charge is 0.193 e. The van der Waals surface area contributed by atoms with Crippen molar-refractivity contribution >= 4 is 16.3 Å². The number of ether oxygens (including phenoxy) is 1. The molecule has 4 nitrogen and oxygen atoms in total. The van der Waals surface area contributed by atoms with E-state index >= 15 is 0 Å². The van der Waals surface area contributed by atoms with Gasteiger partial charge in [0.05, 0.1) is 11.8 Å². The quantitative estimate of drug-likeness (QED) is 0.836. The molecule has 0 aliphatic carbocycles. The Hall–Kier alpha value is -0.910. The van der Waals surface area contributed by atoms with Gasteiger partial charge in [-0.3, -0.25) is 4.40 Å². The van der Waals surface area contributed by atoms with Crippen LogP contribution in [0.4, 0.5) is 0 Å². The van der Waals surface area contributed by atoms with Crippen LogP contribution in [0.2, 0.25) is 0 Å². The molecule has 0 amide bonds. The Morgan fingerprint density at radius 3 is 3.27 bits per heavy atom. The summed E-state index contributed by atoms with van der Waals surface area (Å²) in [7, 11) is 1.64. The van der Waals surface area contributed by atoms with Crippen LogP contribution in [0.5, 0.6) is 0 Å². The highest BCUT2D eigenvalue weighted by molar-refractivity contribution is 7.15. The molecule has 0 aliphatic heterocycles. The number of thiazole rings is 1. The first-order valence-electron chi connectivity index (χ1n) is 4.87. The highest BCUT2D eigenvalue weighted by Crippen LogP contribution is 2.13. The van der Waals surface area contributed by atoms with Crippen LogP contribution in [-0.2, 0) is 11.2 Å². The molecule has 0 radical (unpaired) electrons. The number of aliphatic hydroxyl groups excluding tert-OH is 1. The minimum absolute atomic E-state index is 0.366. The van der Waals surface area contributed by atoms with Crippen LogP contribution < -0.4 is 0 Å². The standard InChI is InChI=1S/C10H14N2O2S/c1-14-4-2-9(13)6-8-7-12-3-5-15-10(12)11-8/h3,5,7,9,13H,2,4,6H2,1H3. The molecule has 0 saturated carbocycles. The van der Waals surface area contributed by atoms with E-state index in [2.05, 4.69) is 4.98 Å². The summed E-state index contributed by atoms with van der Waals surface area (Å²) < 4.78 is 6.89. The third-order valence-corrected chi connectivity index (χ3v) is 3.01. The lowest BCUT2D eigenvalue weighted by Crippen LogP contribution is -2.13. The summed E-state index contributed by atoms with van der Waals surface area (Å²) >= 11 is 1.60. The molecule has 5 heteroatoms. The average molecular weight is 226 g/mol. The number of fused-ring (bicyclic) bond motifs is 1. The van der Waals surface area contributed by atoms with Crippen LogP contribution in [-0.4, -0.2) is 34.3 Å². The molecule has 0 aliphatic rings. The minimum atomic E-state index is -0.366. The van der Waals surface area contributed by atoms with Crippen molar-refractivity contribution in [2.75, 3.05) is 13.7 Å². The Labute approximate surface area is 92.1 Å². The number of hydrogen-bond acceptors (Lipinski definition) is 4. The lowest BCUT2D eigenvalue weighted by atomic mass is 10.1. The van der Waals surface area contributed by atoms with Crippen molar-refractivity contribution in [3.8, 4) is 0 Å². The summed E-state index contributed by atoms with van der Waals surface area (Å²) in [6.45, 7) is 0.587. The molecule has 0 bridgehead atoms. The molecule has 2 heterocycles. The van der Waals surface area contributed by atoms with E-state index in [4.69, 9.17) is 4.74 Å². The predicted octanol–water partition coefficient (Wildman–Crippen LogP) is 1.34. The fourth-order valence-electron chi connectivity index (χ4n) is 1.47. The summed E-state index contributed by atoms with van der Waals surface area (Å²) in [5.74, 6) is 0. The summed E-state index contributed by atoms with van der Waals surface area (Å²) in [5.41, 5.74) is 0.936. The first kappa shape index (κ1) is 10.6. The molecule has 1 unspecified atom stereocenters. The van der Waals surface area contributed by atoms with E-state index in [-0.39, 0.29) is 6.10 Å². The Morgan fingerprint density at radius 1 is 1.67 bits per heavy atom. The lowest BCUT2D eigenvalue weighted by Gasteiger charge is -2.06.